The molecule has 0 radical (unpaired) electrons. The van der Waals surface area contributed by atoms with Crippen LogP contribution in [-0.2, 0) is 6.42 Å². The van der Waals surface area contributed by atoms with Gasteiger partial charge in [-0.1, -0.05) is 30.7 Å². The molecule has 0 aliphatic rings. The third-order valence-corrected chi connectivity index (χ3v) is 2.71. The number of amides is 1. The van der Waals surface area contributed by atoms with Crippen LogP contribution in [0.15, 0.2) is 36.7 Å². The third kappa shape index (κ3) is 3.05. The fourth-order valence-electron chi connectivity index (χ4n) is 1.48. The number of anilines is 1. The molecule has 5 heteroatoms. The lowest BCUT2D eigenvalue weighted by atomic mass is 10.1. The van der Waals surface area contributed by atoms with Crippen LogP contribution < -0.4 is 5.32 Å². The van der Waals surface area contributed by atoms with E-state index < -0.39 is 0 Å². The Kier molecular flexibility index (Phi) is 3.89. The first-order valence-corrected chi connectivity index (χ1v) is 5.94. The highest BCUT2D eigenvalue weighted by Gasteiger charge is 2.06. The molecule has 18 heavy (non-hydrogen) atoms. The van der Waals surface area contributed by atoms with Gasteiger partial charge in [-0.2, -0.15) is 0 Å². The molecule has 1 aromatic heterocycles. The van der Waals surface area contributed by atoms with E-state index in [9.17, 15) is 4.79 Å². The molecule has 1 heterocycles. The van der Waals surface area contributed by atoms with E-state index in [-0.39, 0.29) is 5.91 Å². The molecule has 0 spiro atoms. The molecular weight excluding hydrogens is 250 g/mol. The van der Waals surface area contributed by atoms with Gasteiger partial charge in [0.1, 0.15) is 17.3 Å². The first-order chi connectivity index (χ1) is 8.69. The topological polar surface area (TPSA) is 54.9 Å². The highest BCUT2D eigenvalue weighted by molar-refractivity contribution is 6.29. The molecule has 0 aliphatic carbocycles. The number of nitrogens with one attached hydrogen (secondary N) is 1. The predicted octanol–water partition coefficient (Wildman–Crippen LogP) is 2.94. The quantitative estimate of drug-likeness (QED) is 0.865. The largest absolute Gasteiger partial charge is 0.306 e. The maximum absolute atomic E-state index is 11.9. The highest BCUT2D eigenvalue weighted by atomic mass is 35.5. The number of hydrogen-bond acceptors (Lipinski definition) is 3. The zero-order chi connectivity index (χ0) is 13.0. The van der Waals surface area contributed by atoms with Gasteiger partial charge in [0.05, 0.1) is 0 Å². The van der Waals surface area contributed by atoms with Gasteiger partial charge in [-0.3, -0.25) is 4.79 Å². The van der Waals surface area contributed by atoms with Gasteiger partial charge in [-0.05, 0) is 24.1 Å². The van der Waals surface area contributed by atoms with Crippen molar-refractivity contribution < 1.29 is 4.79 Å². The number of carbonyl (C=O) groups is 1. The lowest BCUT2D eigenvalue weighted by Gasteiger charge is -2.05. The number of benzene rings is 1. The van der Waals surface area contributed by atoms with Crippen molar-refractivity contribution in [1.82, 2.24) is 9.97 Å². The van der Waals surface area contributed by atoms with Crippen molar-refractivity contribution in [2.45, 2.75) is 13.3 Å². The van der Waals surface area contributed by atoms with E-state index in [1.807, 2.05) is 12.1 Å². The maximum Gasteiger partial charge on any atom is 0.256 e. The first-order valence-electron chi connectivity index (χ1n) is 5.57. The van der Waals surface area contributed by atoms with Crippen LogP contribution in [0.1, 0.15) is 22.8 Å². The number of aromatic nitrogens is 2. The summed E-state index contributed by atoms with van der Waals surface area (Å²) in [6.45, 7) is 2.07. The Balaban J connectivity index is 2.11. The van der Waals surface area contributed by atoms with Crippen molar-refractivity contribution in [3.05, 3.63) is 52.9 Å². The summed E-state index contributed by atoms with van der Waals surface area (Å²) in [6.07, 6.45) is 2.25. The molecule has 1 N–H and O–H groups in total. The minimum Gasteiger partial charge on any atom is -0.306 e. The van der Waals surface area contributed by atoms with Crippen LogP contribution in [0.4, 0.5) is 5.82 Å². The average Bonchev–Trinajstić information content (AvgIpc) is 2.39. The number of halogens is 1. The molecule has 1 amide bonds. The van der Waals surface area contributed by atoms with Crippen molar-refractivity contribution in [3.63, 3.8) is 0 Å². The summed E-state index contributed by atoms with van der Waals surface area (Å²) in [5, 5.41) is 2.96. The van der Waals surface area contributed by atoms with Crippen LogP contribution in [0.25, 0.3) is 0 Å². The van der Waals surface area contributed by atoms with Crippen LogP contribution in [0.3, 0.4) is 0 Å². The molecule has 2 aromatic rings. The van der Waals surface area contributed by atoms with Gasteiger partial charge in [0.15, 0.2) is 0 Å². The number of rotatable bonds is 3. The molecule has 2 rings (SSSR count). The van der Waals surface area contributed by atoms with E-state index in [1.54, 1.807) is 12.1 Å². The second-order valence-corrected chi connectivity index (χ2v) is 4.12. The second-order valence-electron chi connectivity index (χ2n) is 3.73. The summed E-state index contributed by atoms with van der Waals surface area (Å²) in [7, 11) is 0. The van der Waals surface area contributed by atoms with Crippen molar-refractivity contribution in [1.29, 1.82) is 0 Å². The highest BCUT2D eigenvalue weighted by Crippen LogP contribution is 2.11. The SMILES string of the molecule is CCc1ccc(C(=O)Nc2cc(Cl)ncn2)cc1. The molecule has 0 fully saturated rings. The van der Waals surface area contributed by atoms with Gasteiger partial charge in [0.25, 0.3) is 5.91 Å². The Morgan fingerprint density at radius 2 is 2.00 bits per heavy atom. The Hall–Kier alpha value is -1.94. The van der Waals surface area contributed by atoms with Gasteiger partial charge < -0.3 is 5.32 Å². The maximum atomic E-state index is 11.9. The van der Waals surface area contributed by atoms with E-state index in [2.05, 4.69) is 22.2 Å². The van der Waals surface area contributed by atoms with E-state index in [1.165, 1.54) is 18.0 Å². The Morgan fingerprint density at radius 1 is 1.28 bits per heavy atom. The van der Waals surface area contributed by atoms with E-state index >= 15 is 0 Å². The molecule has 92 valence electrons. The molecule has 0 aliphatic heterocycles. The summed E-state index contributed by atoms with van der Waals surface area (Å²) in [5.74, 6) is 0.173. The van der Waals surface area contributed by atoms with Crippen molar-refractivity contribution in [2.24, 2.45) is 0 Å². The van der Waals surface area contributed by atoms with Gasteiger partial charge in [0, 0.05) is 11.6 Å². The van der Waals surface area contributed by atoms with Gasteiger partial charge >= 0.3 is 0 Å². The lowest BCUT2D eigenvalue weighted by Crippen LogP contribution is -2.13. The summed E-state index contributed by atoms with van der Waals surface area (Å²) >= 11 is 5.71. The normalized spacial score (nSPS) is 10.1. The molecule has 0 saturated heterocycles. The first kappa shape index (κ1) is 12.5. The fraction of sp³-hybridized carbons (Fsp3) is 0.154. The van der Waals surface area contributed by atoms with E-state index in [0.717, 1.165) is 6.42 Å². The second kappa shape index (κ2) is 5.60. The van der Waals surface area contributed by atoms with Gasteiger partial charge in [0.2, 0.25) is 0 Å². The lowest BCUT2D eigenvalue weighted by molar-refractivity contribution is 0.102. The van der Waals surface area contributed by atoms with Crippen molar-refractivity contribution in [3.8, 4) is 0 Å². The van der Waals surface area contributed by atoms with Crippen LogP contribution >= 0.6 is 11.6 Å². The third-order valence-electron chi connectivity index (χ3n) is 2.50. The molecule has 0 unspecified atom stereocenters. The Bertz CT molecular complexity index is 554. The Labute approximate surface area is 110 Å². The van der Waals surface area contributed by atoms with Crippen LogP contribution in [0.5, 0.6) is 0 Å². The van der Waals surface area contributed by atoms with Crippen molar-refractivity contribution in [2.75, 3.05) is 5.32 Å². The molecule has 0 bridgehead atoms. The summed E-state index contributed by atoms with van der Waals surface area (Å²) in [6, 6.07) is 8.94. The zero-order valence-electron chi connectivity index (χ0n) is 9.85. The van der Waals surface area contributed by atoms with Crippen LogP contribution in [-0.4, -0.2) is 15.9 Å². The summed E-state index contributed by atoms with van der Waals surface area (Å²) in [5.41, 5.74) is 1.78. The zero-order valence-corrected chi connectivity index (χ0v) is 10.6. The van der Waals surface area contributed by atoms with E-state index in [4.69, 9.17) is 11.6 Å². The number of hydrogen-bond donors (Lipinski definition) is 1. The predicted molar refractivity (Wildman–Crippen MR) is 70.8 cm³/mol. The standard InChI is InChI=1S/C13H12ClN3O/c1-2-9-3-5-10(6-4-9)13(18)17-12-7-11(14)15-8-16-12/h3-8H,2H2,1H3,(H,15,16,17,18). The summed E-state index contributed by atoms with van der Waals surface area (Å²) < 4.78 is 0. The molecule has 0 atom stereocenters. The smallest absolute Gasteiger partial charge is 0.256 e. The Morgan fingerprint density at radius 3 is 2.61 bits per heavy atom. The van der Waals surface area contributed by atoms with E-state index in [0.29, 0.717) is 16.5 Å². The molecular formula is C13H12ClN3O. The fourth-order valence-corrected chi connectivity index (χ4v) is 1.63. The number of nitrogens with zero attached hydrogens (tertiary/aromatic N) is 2. The molecule has 0 saturated carbocycles. The van der Waals surface area contributed by atoms with Crippen molar-refractivity contribution >= 4 is 23.3 Å². The monoisotopic (exact) mass is 261 g/mol. The van der Waals surface area contributed by atoms with Gasteiger partial charge in [-0.15, -0.1) is 0 Å². The average molecular weight is 262 g/mol. The molecule has 4 nitrogen and oxygen atoms in total. The minimum atomic E-state index is -0.215. The van der Waals surface area contributed by atoms with Gasteiger partial charge in [-0.25, -0.2) is 9.97 Å². The van der Waals surface area contributed by atoms with Crippen LogP contribution in [0, 0.1) is 0 Å². The van der Waals surface area contributed by atoms with Crippen LogP contribution in [0.2, 0.25) is 5.15 Å². The number of aryl methyl sites for hydroxylation is 1. The summed E-state index contributed by atoms with van der Waals surface area (Å²) in [4.78, 5) is 19.6. The molecule has 1 aromatic carbocycles. The minimum absolute atomic E-state index is 0.215. The number of carbonyl (C=O) groups excluding carboxylic acids is 1.